The molecule has 6 nitrogen and oxygen atoms in total. The van der Waals surface area contributed by atoms with Gasteiger partial charge in [0.15, 0.2) is 6.61 Å². The van der Waals surface area contributed by atoms with E-state index in [1.54, 1.807) is 12.1 Å². The largest absolute Gasteiger partial charge is 0.482 e. The molecule has 170 valence electrons. The van der Waals surface area contributed by atoms with Gasteiger partial charge < -0.3 is 10.1 Å². The van der Waals surface area contributed by atoms with Crippen LogP contribution in [0.1, 0.15) is 0 Å². The lowest BCUT2D eigenvalue weighted by molar-refractivity contribution is -0.123. The van der Waals surface area contributed by atoms with Crippen molar-refractivity contribution in [2.45, 2.75) is 0 Å². The van der Waals surface area contributed by atoms with E-state index in [2.05, 4.69) is 5.32 Å². The zero-order chi connectivity index (χ0) is 23.7. The number of aromatic nitrogens is 1. The van der Waals surface area contributed by atoms with E-state index in [-0.39, 0.29) is 19.1 Å². The molecule has 5 rings (SSSR count). The number of thiazole rings is 1. The Balaban J connectivity index is 1.41. The van der Waals surface area contributed by atoms with Gasteiger partial charge >= 0.3 is 0 Å². The number of ether oxygens (including phenoxy) is 1. The molecule has 0 saturated heterocycles. The number of hydrogen-bond donors (Lipinski definition) is 1. The zero-order valence-electron chi connectivity index (χ0n) is 17.6. The van der Waals surface area contributed by atoms with E-state index < -0.39 is 11.7 Å². The van der Waals surface area contributed by atoms with Gasteiger partial charge in [0, 0.05) is 22.2 Å². The highest BCUT2D eigenvalue weighted by Crippen LogP contribution is 2.38. The number of carbonyl (C=O) groups is 2. The number of benzene rings is 3. The van der Waals surface area contributed by atoms with Crippen molar-refractivity contribution in [2.24, 2.45) is 0 Å². The van der Waals surface area contributed by atoms with Gasteiger partial charge in [-0.2, -0.15) is 0 Å². The lowest BCUT2D eigenvalue weighted by Crippen LogP contribution is -2.43. The minimum absolute atomic E-state index is 0.163. The van der Waals surface area contributed by atoms with Crippen molar-refractivity contribution in [2.75, 3.05) is 23.4 Å². The Labute approximate surface area is 203 Å². The Bertz CT molecular complexity index is 1390. The van der Waals surface area contributed by atoms with Gasteiger partial charge in [-0.25, -0.2) is 9.37 Å². The summed E-state index contributed by atoms with van der Waals surface area (Å²) in [5, 5.41) is 5.99. The van der Waals surface area contributed by atoms with Gasteiger partial charge in [0.25, 0.3) is 5.91 Å². The Kier molecular flexibility index (Phi) is 6.00. The number of nitrogens with one attached hydrogen (secondary N) is 1. The minimum Gasteiger partial charge on any atom is -0.482 e. The summed E-state index contributed by atoms with van der Waals surface area (Å²) in [5.41, 5.74) is 3.26. The third-order valence-corrected chi connectivity index (χ3v) is 6.44. The molecular weight excluding hydrogens is 477 g/mol. The summed E-state index contributed by atoms with van der Waals surface area (Å²) in [4.78, 5) is 31.3. The van der Waals surface area contributed by atoms with Crippen LogP contribution in [0.4, 0.5) is 15.8 Å². The molecule has 0 unspecified atom stereocenters. The maximum atomic E-state index is 13.1. The summed E-state index contributed by atoms with van der Waals surface area (Å²) < 4.78 is 18.7. The number of nitrogens with zero attached hydrogens (tertiary/aromatic N) is 2. The first-order valence-corrected chi connectivity index (χ1v) is 11.6. The Hall–Kier alpha value is -3.75. The Morgan fingerprint density at radius 1 is 1.15 bits per heavy atom. The van der Waals surface area contributed by atoms with Gasteiger partial charge in [-0.1, -0.05) is 29.8 Å². The smallest absolute Gasteiger partial charge is 0.265 e. The molecule has 2 amide bonds. The number of amides is 2. The van der Waals surface area contributed by atoms with Crippen molar-refractivity contribution in [3.8, 4) is 27.6 Å². The van der Waals surface area contributed by atoms with E-state index in [0.717, 1.165) is 21.8 Å². The molecule has 0 aliphatic carbocycles. The molecule has 2 heterocycles. The predicted molar refractivity (Wildman–Crippen MR) is 131 cm³/mol. The van der Waals surface area contributed by atoms with Gasteiger partial charge in [0.1, 0.15) is 23.1 Å². The highest BCUT2D eigenvalue weighted by molar-refractivity contribution is 7.13. The first-order chi connectivity index (χ1) is 16.5. The Morgan fingerprint density at radius 3 is 2.74 bits per heavy atom. The minimum atomic E-state index is -0.409. The van der Waals surface area contributed by atoms with Crippen LogP contribution in [0, 0.1) is 5.82 Å². The fourth-order valence-corrected chi connectivity index (χ4v) is 4.73. The third kappa shape index (κ3) is 4.50. The molecule has 0 spiro atoms. The quantitative estimate of drug-likeness (QED) is 0.391. The van der Waals surface area contributed by atoms with Crippen molar-refractivity contribution in [3.05, 3.63) is 82.9 Å². The number of rotatable bonds is 5. The highest BCUT2D eigenvalue weighted by atomic mass is 35.5. The number of hydrogen-bond acceptors (Lipinski definition) is 5. The molecule has 1 N–H and O–H groups in total. The number of halogens is 2. The summed E-state index contributed by atoms with van der Waals surface area (Å²) in [6, 6.07) is 18.3. The third-order valence-electron chi connectivity index (χ3n) is 5.24. The van der Waals surface area contributed by atoms with E-state index in [4.69, 9.17) is 21.3 Å². The molecule has 1 aromatic heterocycles. The molecule has 9 heteroatoms. The number of carbonyl (C=O) groups excluding carboxylic acids is 2. The predicted octanol–water partition coefficient (Wildman–Crippen LogP) is 5.63. The Morgan fingerprint density at radius 2 is 1.94 bits per heavy atom. The van der Waals surface area contributed by atoms with Crippen LogP contribution in [-0.2, 0) is 9.59 Å². The van der Waals surface area contributed by atoms with E-state index in [1.165, 1.54) is 40.5 Å². The second-order valence-corrected chi connectivity index (χ2v) is 8.79. The van der Waals surface area contributed by atoms with Crippen LogP contribution >= 0.6 is 22.9 Å². The molecule has 3 aromatic carbocycles. The molecule has 1 aliphatic heterocycles. The lowest BCUT2D eigenvalue weighted by Gasteiger charge is -2.29. The highest BCUT2D eigenvalue weighted by Gasteiger charge is 2.28. The van der Waals surface area contributed by atoms with Crippen molar-refractivity contribution in [1.82, 2.24) is 4.98 Å². The summed E-state index contributed by atoms with van der Waals surface area (Å²) in [5.74, 6) is -0.649. The summed E-state index contributed by atoms with van der Waals surface area (Å²) >= 11 is 7.77. The maximum Gasteiger partial charge on any atom is 0.265 e. The molecule has 34 heavy (non-hydrogen) atoms. The first kappa shape index (κ1) is 22.1. The SMILES string of the molecule is O=C(CN1C(=O)COc2ccc(-c3csc(-c4ccccc4Cl)n3)cc21)Nc1ccc(F)cc1. The van der Waals surface area contributed by atoms with Gasteiger partial charge in [0.2, 0.25) is 5.91 Å². The molecule has 1 aliphatic rings. The maximum absolute atomic E-state index is 13.1. The van der Waals surface area contributed by atoms with Crippen LogP contribution in [0.2, 0.25) is 5.02 Å². The monoisotopic (exact) mass is 493 g/mol. The van der Waals surface area contributed by atoms with Gasteiger partial charge in [-0.15, -0.1) is 11.3 Å². The normalized spacial score (nSPS) is 12.8. The molecule has 0 fully saturated rings. The molecule has 0 bridgehead atoms. The standard InChI is InChI=1S/C25H17ClFN3O3S/c26-19-4-2-1-3-18(19)25-29-20(14-34-25)15-5-10-22-21(11-15)30(24(32)13-33-22)12-23(31)28-17-8-6-16(27)7-9-17/h1-11,14H,12-13H2,(H,28,31). The van der Waals surface area contributed by atoms with Crippen LogP contribution in [0.3, 0.4) is 0 Å². The average molecular weight is 494 g/mol. The van der Waals surface area contributed by atoms with Gasteiger partial charge in [-0.3, -0.25) is 14.5 Å². The van der Waals surface area contributed by atoms with E-state index in [0.29, 0.717) is 22.1 Å². The first-order valence-electron chi connectivity index (χ1n) is 10.3. The van der Waals surface area contributed by atoms with E-state index >= 15 is 0 Å². The van der Waals surface area contributed by atoms with Crippen LogP contribution in [-0.4, -0.2) is 29.9 Å². The van der Waals surface area contributed by atoms with Crippen molar-refractivity contribution < 1.29 is 18.7 Å². The fraction of sp³-hybridized carbons (Fsp3) is 0.0800. The van der Waals surface area contributed by atoms with Crippen molar-refractivity contribution >= 4 is 46.1 Å². The van der Waals surface area contributed by atoms with E-state index in [1.807, 2.05) is 35.7 Å². The summed E-state index contributed by atoms with van der Waals surface area (Å²) in [7, 11) is 0. The molecular formula is C25H17ClFN3O3S. The van der Waals surface area contributed by atoms with Crippen molar-refractivity contribution in [3.63, 3.8) is 0 Å². The number of anilines is 2. The molecule has 4 aromatic rings. The van der Waals surface area contributed by atoms with Crippen LogP contribution in [0.15, 0.2) is 72.1 Å². The second-order valence-electron chi connectivity index (χ2n) is 7.52. The van der Waals surface area contributed by atoms with Crippen molar-refractivity contribution in [1.29, 1.82) is 0 Å². The van der Waals surface area contributed by atoms with E-state index in [9.17, 15) is 14.0 Å². The summed E-state index contributed by atoms with van der Waals surface area (Å²) in [6.07, 6.45) is 0. The van der Waals surface area contributed by atoms with Gasteiger partial charge in [0.05, 0.1) is 16.4 Å². The second kappa shape index (κ2) is 9.24. The lowest BCUT2D eigenvalue weighted by atomic mass is 10.1. The zero-order valence-corrected chi connectivity index (χ0v) is 19.2. The van der Waals surface area contributed by atoms with Crippen LogP contribution < -0.4 is 15.0 Å². The molecule has 0 saturated carbocycles. The summed E-state index contributed by atoms with van der Waals surface area (Å²) in [6.45, 7) is -0.374. The van der Waals surface area contributed by atoms with Crippen LogP contribution in [0.25, 0.3) is 21.8 Å². The average Bonchev–Trinajstić information content (AvgIpc) is 3.32. The molecule has 0 radical (unpaired) electrons. The fourth-order valence-electron chi connectivity index (χ4n) is 3.58. The topological polar surface area (TPSA) is 71.5 Å². The molecule has 0 atom stereocenters. The van der Waals surface area contributed by atoms with Gasteiger partial charge in [-0.05, 0) is 48.5 Å². The van der Waals surface area contributed by atoms with Crippen LogP contribution in [0.5, 0.6) is 5.75 Å². The number of fused-ring (bicyclic) bond motifs is 1.